The van der Waals surface area contributed by atoms with Crippen molar-refractivity contribution in [3.63, 3.8) is 0 Å². The van der Waals surface area contributed by atoms with E-state index in [0.717, 1.165) is 19.3 Å². The van der Waals surface area contributed by atoms with Gasteiger partial charge in [0.2, 0.25) is 0 Å². The molecule has 6 unspecified atom stereocenters. The van der Waals surface area contributed by atoms with Crippen LogP contribution in [0.25, 0.3) is 0 Å². The molecular weight excluding hydrogens is 588 g/mol. The Hall–Kier alpha value is -1.19. The first kappa shape index (κ1) is 43.8. The molecule has 0 aromatic heterocycles. The van der Waals surface area contributed by atoms with Gasteiger partial charge < -0.3 is 56.2 Å². The Morgan fingerprint density at radius 1 is 0.578 bits per heavy atom. The van der Waals surface area contributed by atoms with Crippen LogP contribution in [0.1, 0.15) is 110 Å². The van der Waals surface area contributed by atoms with Gasteiger partial charge in [-0.25, -0.2) is 0 Å². The average molecular weight is 653 g/mol. The van der Waals surface area contributed by atoms with Gasteiger partial charge in [0.25, 0.3) is 0 Å². The third-order valence-electron chi connectivity index (χ3n) is 9.19. The Kier molecular flexibility index (Phi) is 24.3. The Morgan fingerprint density at radius 3 is 1.40 bits per heavy atom. The van der Waals surface area contributed by atoms with Crippen molar-refractivity contribution in [2.45, 2.75) is 140 Å². The van der Waals surface area contributed by atoms with Crippen LogP contribution < -0.4 is 0 Å². The molecule has 0 aromatic carbocycles. The number of aliphatic hydroxyl groups is 10. The fraction of sp³-hybridized carbons (Fsp3) is 0.909. The SMILES string of the molecule is CCCCCCCCC=CCCCCC(CC(O)CO)C(CC(O)CO)(CC(O)CO)C(CC(O)CO)(CC(O)CO)C(=O)O. The first-order chi connectivity index (χ1) is 21.4. The van der Waals surface area contributed by atoms with Crippen LogP contribution in [0, 0.1) is 16.7 Å². The highest BCUT2D eigenvalue weighted by atomic mass is 16.4. The number of carboxylic acid groups (broad SMARTS) is 1. The van der Waals surface area contributed by atoms with Gasteiger partial charge >= 0.3 is 5.97 Å². The standard InChI is InChI=1S/C33H64O12/c1-2-3-4-5-6-7-8-9-10-11-12-13-14-25(15-26(39)20-34)32(16-27(40)21-35,17-28(41)22-36)33(31(44)45,18-29(42)23-37)19-30(43)24-38/h9-10,25-30,34-43H,2-8,11-24H2,1H3,(H,44,45). The van der Waals surface area contributed by atoms with Crippen LogP contribution in [0.4, 0.5) is 0 Å². The van der Waals surface area contributed by atoms with Crippen LogP contribution in [0.2, 0.25) is 0 Å². The molecule has 0 rings (SSSR count). The lowest BCUT2D eigenvalue weighted by Gasteiger charge is -2.55. The van der Waals surface area contributed by atoms with Crippen molar-refractivity contribution in [3.05, 3.63) is 12.2 Å². The largest absolute Gasteiger partial charge is 0.481 e. The summed E-state index contributed by atoms with van der Waals surface area (Å²) >= 11 is 0. The summed E-state index contributed by atoms with van der Waals surface area (Å²) < 4.78 is 0. The maximum atomic E-state index is 13.4. The minimum atomic E-state index is -2.24. The van der Waals surface area contributed by atoms with Crippen LogP contribution >= 0.6 is 0 Å². The van der Waals surface area contributed by atoms with Gasteiger partial charge in [0.1, 0.15) is 0 Å². The van der Waals surface area contributed by atoms with Crippen LogP contribution in [-0.2, 0) is 4.79 Å². The third kappa shape index (κ3) is 15.5. The molecule has 0 saturated carbocycles. The Balaban J connectivity index is 6.60. The van der Waals surface area contributed by atoms with Gasteiger partial charge in [-0.2, -0.15) is 0 Å². The molecule has 45 heavy (non-hydrogen) atoms. The fourth-order valence-electron chi connectivity index (χ4n) is 6.93. The van der Waals surface area contributed by atoms with E-state index in [1.54, 1.807) is 0 Å². The van der Waals surface area contributed by atoms with E-state index in [-0.39, 0.29) is 12.8 Å². The number of hydrogen-bond donors (Lipinski definition) is 11. The van der Waals surface area contributed by atoms with Crippen LogP contribution in [0.3, 0.4) is 0 Å². The molecule has 268 valence electrons. The molecule has 0 aromatic rings. The second kappa shape index (κ2) is 24.9. The monoisotopic (exact) mass is 652 g/mol. The third-order valence-corrected chi connectivity index (χ3v) is 9.19. The van der Waals surface area contributed by atoms with Gasteiger partial charge in [0.05, 0.1) is 69.0 Å². The van der Waals surface area contributed by atoms with Crippen molar-refractivity contribution in [1.29, 1.82) is 0 Å². The van der Waals surface area contributed by atoms with E-state index < -0.39 is 112 Å². The number of aliphatic carboxylic acids is 1. The van der Waals surface area contributed by atoms with Crippen LogP contribution in [0.15, 0.2) is 12.2 Å². The van der Waals surface area contributed by atoms with E-state index in [2.05, 4.69) is 19.1 Å². The second-order valence-electron chi connectivity index (χ2n) is 12.8. The van der Waals surface area contributed by atoms with Gasteiger partial charge in [0.15, 0.2) is 0 Å². The molecule has 0 fully saturated rings. The molecule has 0 amide bonds. The highest BCUT2D eigenvalue weighted by molar-refractivity contribution is 5.76. The molecule has 0 saturated heterocycles. The van der Waals surface area contributed by atoms with Gasteiger partial charge in [-0.05, 0) is 75.5 Å². The first-order valence-corrected chi connectivity index (χ1v) is 16.8. The van der Waals surface area contributed by atoms with Crippen LogP contribution in [-0.4, -0.2) is 126 Å². The van der Waals surface area contributed by atoms with Crippen molar-refractivity contribution < 1.29 is 61.0 Å². The zero-order valence-electron chi connectivity index (χ0n) is 27.3. The van der Waals surface area contributed by atoms with Crippen molar-refractivity contribution in [1.82, 2.24) is 0 Å². The summed E-state index contributed by atoms with van der Waals surface area (Å²) in [6.45, 7) is -1.77. The molecule has 0 spiro atoms. The lowest BCUT2D eigenvalue weighted by molar-refractivity contribution is -0.188. The number of unbranched alkanes of at least 4 members (excludes halogenated alkanes) is 8. The van der Waals surface area contributed by atoms with Gasteiger partial charge in [-0.1, -0.05) is 57.6 Å². The smallest absolute Gasteiger partial charge is 0.310 e. The van der Waals surface area contributed by atoms with Crippen molar-refractivity contribution >= 4 is 5.97 Å². The van der Waals surface area contributed by atoms with Crippen molar-refractivity contribution in [2.24, 2.45) is 16.7 Å². The fourth-order valence-corrected chi connectivity index (χ4v) is 6.93. The summed E-state index contributed by atoms with van der Waals surface area (Å²) in [6.07, 6.45) is 4.43. The van der Waals surface area contributed by atoms with E-state index in [4.69, 9.17) is 0 Å². The van der Waals surface area contributed by atoms with Crippen molar-refractivity contribution in [3.8, 4) is 0 Å². The van der Waals surface area contributed by atoms with E-state index in [0.29, 0.717) is 12.8 Å². The normalized spacial score (nSPS) is 19.0. The van der Waals surface area contributed by atoms with Gasteiger partial charge in [-0.15, -0.1) is 0 Å². The summed E-state index contributed by atoms with van der Waals surface area (Å²) in [5.74, 6) is -2.44. The highest BCUT2D eigenvalue weighted by Crippen LogP contribution is 2.59. The first-order valence-electron chi connectivity index (χ1n) is 16.8. The molecule has 0 heterocycles. The molecule has 0 aliphatic heterocycles. The minimum absolute atomic E-state index is 0.194. The zero-order chi connectivity index (χ0) is 34.3. The van der Waals surface area contributed by atoms with Gasteiger partial charge in [-0.3, -0.25) is 4.79 Å². The molecule has 0 radical (unpaired) electrons. The highest BCUT2D eigenvalue weighted by Gasteiger charge is 2.61. The Morgan fingerprint density at radius 2 is 0.978 bits per heavy atom. The molecule has 0 aliphatic carbocycles. The predicted molar refractivity (Wildman–Crippen MR) is 170 cm³/mol. The quantitative estimate of drug-likeness (QED) is 0.0388. The molecule has 0 aliphatic rings. The molecule has 11 N–H and O–H groups in total. The zero-order valence-corrected chi connectivity index (χ0v) is 27.3. The second-order valence-corrected chi connectivity index (χ2v) is 12.8. The number of aliphatic hydroxyl groups excluding tert-OH is 10. The molecular formula is C33H64O12. The van der Waals surface area contributed by atoms with Gasteiger partial charge in [0, 0.05) is 0 Å². The summed E-state index contributed by atoms with van der Waals surface area (Å²) in [5, 5.41) is 113. The minimum Gasteiger partial charge on any atom is -0.481 e. The Bertz CT molecular complexity index is 740. The topological polar surface area (TPSA) is 240 Å². The maximum Gasteiger partial charge on any atom is 0.310 e. The van der Waals surface area contributed by atoms with Crippen molar-refractivity contribution in [2.75, 3.05) is 33.0 Å². The summed E-state index contributed by atoms with van der Waals surface area (Å²) in [4.78, 5) is 13.4. The lowest BCUT2D eigenvalue weighted by atomic mass is 9.48. The lowest BCUT2D eigenvalue weighted by Crippen LogP contribution is -2.58. The number of hydrogen-bond acceptors (Lipinski definition) is 11. The van der Waals surface area contributed by atoms with E-state index >= 15 is 0 Å². The van der Waals surface area contributed by atoms with E-state index in [1.807, 2.05) is 0 Å². The number of carbonyl (C=O) groups is 1. The number of rotatable bonds is 30. The average Bonchev–Trinajstić information content (AvgIpc) is 3.03. The molecule has 12 nitrogen and oxygen atoms in total. The number of carboxylic acids is 1. The maximum absolute atomic E-state index is 13.4. The summed E-state index contributed by atoms with van der Waals surface area (Å²) in [7, 11) is 0. The summed E-state index contributed by atoms with van der Waals surface area (Å²) in [6, 6.07) is 0. The molecule has 6 atom stereocenters. The Labute approximate surface area is 269 Å². The molecule has 0 bridgehead atoms. The van der Waals surface area contributed by atoms with E-state index in [9.17, 15) is 61.0 Å². The predicted octanol–water partition coefficient (Wildman–Crippen LogP) is 1.24. The summed E-state index contributed by atoms with van der Waals surface area (Å²) in [5.41, 5.74) is -4.06. The van der Waals surface area contributed by atoms with E-state index in [1.165, 1.54) is 32.1 Å². The van der Waals surface area contributed by atoms with Crippen LogP contribution in [0.5, 0.6) is 0 Å². The molecule has 12 heteroatoms. The number of allylic oxidation sites excluding steroid dienone is 2.